The zero-order valence-corrected chi connectivity index (χ0v) is 14.8. The molecule has 0 aliphatic carbocycles. The third-order valence-corrected chi connectivity index (χ3v) is 5.04. The molecule has 0 radical (unpaired) electrons. The fourth-order valence-electron chi connectivity index (χ4n) is 2.83. The average molecular weight is 358 g/mol. The van der Waals surface area contributed by atoms with Crippen molar-refractivity contribution in [2.24, 2.45) is 0 Å². The summed E-state index contributed by atoms with van der Waals surface area (Å²) in [6.45, 7) is 1.70. The monoisotopic (exact) mass is 358 g/mol. The molecular weight excluding hydrogens is 339 g/mol. The zero-order valence-electron chi connectivity index (χ0n) is 13.9. The SMILES string of the molecule is CSc1ccc(C(=O)N2CCN(C(=O)c3ccccc3F)CC2)cc1. The second-order valence-corrected chi connectivity index (χ2v) is 6.67. The minimum Gasteiger partial charge on any atom is -0.335 e. The van der Waals surface area contributed by atoms with Crippen molar-refractivity contribution in [2.45, 2.75) is 4.90 Å². The van der Waals surface area contributed by atoms with Gasteiger partial charge >= 0.3 is 0 Å². The molecule has 0 saturated carbocycles. The summed E-state index contributed by atoms with van der Waals surface area (Å²) in [6.07, 6.45) is 1.99. The lowest BCUT2D eigenvalue weighted by molar-refractivity contribution is 0.0533. The van der Waals surface area contributed by atoms with Crippen molar-refractivity contribution in [2.75, 3.05) is 32.4 Å². The number of piperazine rings is 1. The number of halogens is 1. The number of thioether (sulfide) groups is 1. The Kier molecular flexibility index (Phi) is 5.38. The van der Waals surface area contributed by atoms with Crippen molar-refractivity contribution in [3.05, 3.63) is 65.5 Å². The standard InChI is InChI=1S/C19H19FN2O2S/c1-25-15-8-6-14(7-9-15)18(23)21-10-12-22(13-11-21)19(24)16-4-2-3-5-17(16)20/h2-9H,10-13H2,1H3. The summed E-state index contributed by atoms with van der Waals surface area (Å²) in [6, 6.07) is 13.5. The fourth-order valence-corrected chi connectivity index (χ4v) is 3.24. The minimum absolute atomic E-state index is 0.0364. The summed E-state index contributed by atoms with van der Waals surface area (Å²) in [5, 5.41) is 0. The molecule has 0 spiro atoms. The number of hydrogen-bond donors (Lipinski definition) is 0. The van der Waals surface area contributed by atoms with E-state index in [1.807, 2.05) is 30.5 Å². The Bertz CT molecular complexity index is 771. The molecule has 6 heteroatoms. The first kappa shape index (κ1) is 17.5. The van der Waals surface area contributed by atoms with E-state index >= 15 is 0 Å². The van der Waals surface area contributed by atoms with Crippen LogP contribution in [0.25, 0.3) is 0 Å². The summed E-state index contributed by atoms with van der Waals surface area (Å²) in [5.74, 6) is -0.875. The Balaban J connectivity index is 1.62. The third-order valence-electron chi connectivity index (χ3n) is 4.30. The highest BCUT2D eigenvalue weighted by Crippen LogP contribution is 2.17. The molecule has 3 rings (SSSR count). The molecule has 0 N–H and O–H groups in total. The van der Waals surface area contributed by atoms with E-state index in [4.69, 9.17) is 0 Å². The lowest BCUT2D eigenvalue weighted by Gasteiger charge is -2.35. The molecule has 130 valence electrons. The first-order chi connectivity index (χ1) is 12.1. The number of carbonyl (C=O) groups is 2. The molecule has 1 saturated heterocycles. The van der Waals surface area contributed by atoms with Gasteiger partial charge in [-0.2, -0.15) is 0 Å². The highest BCUT2D eigenvalue weighted by Gasteiger charge is 2.26. The molecule has 25 heavy (non-hydrogen) atoms. The summed E-state index contributed by atoms with van der Waals surface area (Å²) >= 11 is 1.63. The van der Waals surface area contributed by atoms with Gasteiger partial charge in [0.25, 0.3) is 11.8 Å². The van der Waals surface area contributed by atoms with Crippen LogP contribution in [0.2, 0.25) is 0 Å². The molecule has 1 heterocycles. The van der Waals surface area contributed by atoms with E-state index in [-0.39, 0.29) is 17.4 Å². The van der Waals surface area contributed by atoms with Gasteiger partial charge in [-0.3, -0.25) is 9.59 Å². The largest absolute Gasteiger partial charge is 0.335 e. The van der Waals surface area contributed by atoms with E-state index in [2.05, 4.69) is 0 Å². The van der Waals surface area contributed by atoms with Crippen molar-refractivity contribution in [3.63, 3.8) is 0 Å². The van der Waals surface area contributed by atoms with Gasteiger partial charge in [0, 0.05) is 36.6 Å². The topological polar surface area (TPSA) is 40.6 Å². The van der Waals surface area contributed by atoms with E-state index < -0.39 is 5.82 Å². The molecule has 1 aliphatic rings. The summed E-state index contributed by atoms with van der Waals surface area (Å²) in [7, 11) is 0. The Morgan fingerprint density at radius 2 is 1.44 bits per heavy atom. The quantitative estimate of drug-likeness (QED) is 0.792. The summed E-state index contributed by atoms with van der Waals surface area (Å²) in [5.41, 5.74) is 0.724. The third kappa shape index (κ3) is 3.85. The van der Waals surface area contributed by atoms with Crippen molar-refractivity contribution in [3.8, 4) is 0 Å². The Labute approximate surface area is 150 Å². The van der Waals surface area contributed by atoms with Crippen LogP contribution in [0.5, 0.6) is 0 Å². The first-order valence-electron chi connectivity index (χ1n) is 8.07. The highest BCUT2D eigenvalue weighted by atomic mass is 32.2. The second-order valence-electron chi connectivity index (χ2n) is 5.79. The Morgan fingerprint density at radius 3 is 2.00 bits per heavy atom. The van der Waals surface area contributed by atoms with Gasteiger partial charge in [0.05, 0.1) is 5.56 Å². The normalized spacial score (nSPS) is 14.5. The fraction of sp³-hybridized carbons (Fsp3) is 0.263. The molecule has 2 aromatic carbocycles. The molecule has 2 amide bonds. The number of amides is 2. The predicted molar refractivity (Wildman–Crippen MR) is 96.4 cm³/mol. The number of carbonyl (C=O) groups excluding carboxylic acids is 2. The van der Waals surface area contributed by atoms with Crippen LogP contribution in [0.1, 0.15) is 20.7 Å². The van der Waals surface area contributed by atoms with Gasteiger partial charge in [-0.15, -0.1) is 11.8 Å². The van der Waals surface area contributed by atoms with E-state index in [0.29, 0.717) is 31.7 Å². The van der Waals surface area contributed by atoms with Gasteiger partial charge in [-0.25, -0.2) is 4.39 Å². The van der Waals surface area contributed by atoms with Crippen molar-refractivity contribution >= 4 is 23.6 Å². The molecule has 0 bridgehead atoms. The van der Waals surface area contributed by atoms with Gasteiger partial charge in [0.15, 0.2) is 0 Å². The summed E-state index contributed by atoms with van der Waals surface area (Å²) < 4.78 is 13.8. The van der Waals surface area contributed by atoms with Crippen molar-refractivity contribution in [1.82, 2.24) is 9.80 Å². The second kappa shape index (κ2) is 7.70. The van der Waals surface area contributed by atoms with E-state index in [9.17, 15) is 14.0 Å². The Morgan fingerprint density at radius 1 is 0.880 bits per heavy atom. The molecule has 0 unspecified atom stereocenters. The van der Waals surface area contributed by atoms with Crippen LogP contribution >= 0.6 is 11.8 Å². The maximum absolute atomic E-state index is 13.8. The van der Waals surface area contributed by atoms with E-state index in [1.165, 1.54) is 12.1 Å². The van der Waals surface area contributed by atoms with Crippen LogP contribution in [-0.4, -0.2) is 54.0 Å². The number of nitrogens with zero attached hydrogens (tertiary/aromatic N) is 2. The van der Waals surface area contributed by atoms with Crippen LogP contribution in [-0.2, 0) is 0 Å². The maximum Gasteiger partial charge on any atom is 0.256 e. The van der Waals surface area contributed by atoms with Crippen LogP contribution in [0.3, 0.4) is 0 Å². The van der Waals surface area contributed by atoms with E-state index in [1.54, 1.807) is 33.7 Å². The van der Waals surface area contributed by atoms with Crippen LogP contribution in [0.4, 0.5) is 4.39 Å². The van der Waals surface area contributed by atoms with Gasteiger partial charge in [-0.1, -0.05) is 12.1 Å². The van der Waals surface area contributed by atoms with Gasteiger partial charge < -0.3 is 9.80 Å². The zero-order chi connectivity index (χ0) is 17.8. The predicted octanol–water partition coefficient (Wildman–Crippen LogP) is 3.15. The number of benzene rings is 2. The van der Waals surface area contributed by atoms with Crippen LogP contribution in [0, 0.1) is 5.82 Å². The lowest BCUT2D eigenvalue weighted by atomic mass is 10.1. The van der Waals surface area contributed by atoms with Crippen LogP contribution in [0.15, 0.2) is 53.4 Å². The smallest absolute Gasteiger partial charge is 0.256 e. The molecule has 4 nitrogen and oxygen atoms in total. The molecule has 2 aromatic rings. The summed E-state index contributed by atoms with van der Waals surface area (Å²) in [4.78, 5) is 29.4. The van der Waals surface area contributed by atoms with E-state index in [0.717, 1.165) is 4.90 Å². The number of hydrogen-bond acceptors (Lipinski definition) is 3. The average Bonchev–Trinajstić information content (AvgIpc) is 2.67. The first-order valence-corrected chi connectivity index (χ1v) is 9.30. The van der Waals surface area contributed by atoms with Crippen molar-refractivity contribution in [1.29, 1.82) is 0 Å². The molecule has 0 aromatic heterocycles. The highest BCUT2D eigenvalue weighted by molar-refractivity contribution is 7.98. The Hall–Kier alpha value is -2.34. The molecule has 0 atom stereocenters. The molecule has 1 fully saturated rings. The van der Waals surface area contributed by atoms with Gasteiger partial charge in [0.2, 0.25) is 0 Å². The maximum atomic E-state index is 13.8. The molecular formula is C19H19FN2O2S. The molecule has 1 aliphatic heterocycles. The van der Waals surface area contributed by atoms with Gasteiger partial charge in [-0.05, 0) is 42.7 Å². The lowest BCUT2D eigenvalue weighted by Crippen LogP contribution is -2.50. The minimum atomic E-state index is -0.514. The van der Waals surface area contributed by atoms with Gasteiger partial charge in [0.1, 0.15) is 5.82 Å². The van der Waals surface area contributed by atoms with Crippen molar-refractivity contribution < 1.29 is 14.0 Å². The van der Waals surface area contributed by atoms with Crippen LogP contribution < -0.4 is 0 Å². The number of rotatable bonds is 3.